The van der Waals surface area contributed by atoms with Crippen LogP contribution in [0.3, 0.4) is 0 Å². The third-order valence-electron chi connectivity index (χ3n) is 3.69. The zero-order valence-corrected chi connectivity index (χ0v) is 11.3. The molecular formula is C15H15N3O3. The molecule has 1 fully saturated rings. The summed E-state index contributed by atoms with van der Waals surface area (Å²) >= 11 is 0. The van der Waals surface area contributed by atoms with Crippen LogP contribution in [-0.4, -0.2) is 40.1 Å². The predicted octanol–water partition coefficient (Wildman–Crippen LogP) is 2.17. The molecule has 108 valence electrons. The lowest BCUT2D eigenvalue weighted by molar-refractivity contribution is -0.119. The molecule has 2 N–H and O–H groups in total. The molecule has 0 spiro atoms. The van der Waals surface area contributed by atoms with Gasteiger partial charge in [-0.2, -0.15) is 0 Å². The number of carboxylic acid groups (broad SMARTS) is 1. The van der Waals surface area contributed by atoms with Crippen LogP contribution in [0.1, 0.15) is 6.42 Å². The second kappa shape index (κ2) is 5.40. The first-order valence-corrected chi connectivity index (χ1v) is 6.77. The quantitative estimate of drug-likeness (QED) is 0.886. The van der Waals surface area contributed by atoms with Gasteiger partial charge < -0.3 is 15.3 Å². The van der Waals surface area contributed by atoms with Gasteiger partial charge in [-0.15, -0.1) is 0 Å². The monoisotopic (exact) mass is 285 g/mol. The topological polar surface area (TPSA) is 82.5 Å². The van der Waals surface area contributed by atoms with Crippen LogP contribution in [0.25, 0.3) is 10.9 Å². The molecule has 1 aliphatic heterocycles. The fraction of sp³-hybridized carbons (Fsp3) is 0.267. The maximum absolute atomic E-state index is 12.2. The molecular weight excluding hydrogens is 270 g/mol. The van der Waals surface area contributed by atoms with Crippen molar-refractivity contribution in [1.29, 1.82) is 0 Å². The third kappa shape index (κ3) is 2.79. The minimum atomic E-state index is -0.974. The van der Waals surface area contributed by atoms with Gasteiger partial charge in [0, 0.05) is 18.5 Å². The van der Waals surface area contributed by atoms with Crippen molar-refractivity contribution in [1.82, 2.24) is 9.88 Å². The molecule has 21 heavy (non-hydrogen) atoms. The molecule has 6 heteroatoms. The molecule has 0 bridgehead atoms. The van der Waals surface area contributed by atoms with E-state index in [2.05, 4.69) is 10.3 Å². The number of anilines is 1. The summed E-state index contributed by atoms with van der Waals surface area (Å²) in [5.74, 6) is -0.455. The van der Waals surface area contributed by atoms with Crippen molar-refractivity contribution in [2.45, 2.75) is 6.42 Å². The number of rotatable bonds is 2. The number of para-hydroxylation sites is 1. The highest BCUT2D eigenvalue weighted by atomic mass is 16.4. The predicted molar refractivity (Wildman–Crippen MR) is 78.1 cm³/mol. The lowest BCUT2D eigenvalue weighted by Gasteiger charge is -2.12. The molecule has 1 aromatic heterocycles. The first kappa shape index (κ1) is 13.4. The van der Waals surface area contributed by atoms with E-state index in [-0.39, 0.29) is 18.4 Å². The molecule has 0 saturated carbocycles. The number of carbonyl (C=O) groups is 2. The van der Waals surface area contributed by atoms with Crippen LogP contribution in [0.4, 0.5) is 10.5 Å². The van der Waals surface area contributed by atoms with E-state index in [9.17, 15) is 9.59 Å². The Labute approximate surface area is 121 Å². The fourth-order valence-corrected chi connectivity index (χ4v) is 2.53. The Kier molecular flexibility index (Phi) is 3.43. The average molecular weight is 285 g/mol. The molecule has 0 aliphatic carbocycles. The number of amides is 2. The summed E-state index contributed by atoms with van der Waals surface area (Å²) in [4.78, 5) is 28.6. The van der Waals surface area contributed by atoms with Crippen molar-refractivity contribution in [3.63, 3.8) is 0 Å². The van der Waals surface area contributed by atoms with E-state index in [1.54, 1.807) is 6.20 Å². The third-order valence-corrected chi connectivity index (χ3v) is 3.69. The van der Waals surface area contributed by atoms with Gasteiger partial charge in [0.2, 0.25) is 5.91 Å². The van der Waals surface area contributed by atoms with Crippen LogP contribution < -0.4 is 5.32 Å². The minimum absolute atomic E-state index is 0.157. The van der Waals surface area contributed by atoms with E-state index >= 15 is 0 Å². The van der Waals surface area contributed by atoms with Gasteiger partial charge >= 0.3 is 6.09 Å². The number of benzene rings is 1. The maximum Gasteiger partial charge on any atom is 0.407 e. The molecule has 2 aromatic rings. The van der Waals surface area contributed by atoms with E-state index in [0.717, 1.165) is 10.9 Å². The van der Waals surface area contributed by atoms with Gasteiger partial charge in [0.1, 0.15) is 0 Å². The lowest BCUT2D eigenvalue weighted by Crippen LogP contribution is -2.30. The first-order valence-electron chi connectivity index (χ1n) is 6.77. The Bertz CT molecular complexity index is 701. The molecule has 3 rings (SSSR count). The maximum atomic E-state index is 12.2. The van der Waals surface area contributed by atoms with Gasteiger partial charge in [-0.25, -0.2) is 4.79 Å². The van der Waals surface area contributed by atoms with Crippen LogP contribution in [0.5, 0.6) is 0 Å². The van der Waals surface area contributed by atoms with Crippen molar-refractivity contribution >= 4 is 28.6 Å². The number of nitrogens with zero attached hydrogens (tertiary/aromatic N) is 2. The van der Waals surface area contributed by atoms with Crippen LogP contribution in [0.2, 0.25) is 0 Å². The Morgan fingerprint density at radius 3 is 2.90 bits per heavy atom. The molecule has 2 heterocycles. The first-order chi connectivity index (χ1) is 10.1. The number of fused-ring (bicyclic) bond motifs is 1. The molecule has 2 amide bonds. The van der Waals surface area contributed by atoms with E-state index in [0.29, 0.717) is 18.7 Å². The van der Waals surface area contributed by atoms with Crippen LogP contribution in [0, 0.1) is 5.92 Å². The van der Waals surface area contributed by atoms with E-state index in [1.165, 1.54) is 4.90 Å². The van der Waals surface area contributed by atoms with Gasteiger partial charge in [-0.3, -0.25) is 9.78 Å². The summed E-state index contributed by atoms with van der Waals surface area (Å²) < 4.78 is 0. The van der Waals surface area contributed by atoms with Gasteiger partial charge in [0.15, 0.2) is 0 Å². The smallest absolute Gasteiger partial charge is 0.407 e. The summed E-state index contributed by atoms with van der Waals surface area (Å²) in [6.45, 7) is 0.658. The Hall–Kier alpha value is -2.63. The number of hydrogen-bond donors (Lipinski definition) is 2. The molecule has 1 saturated heterocycles. The molecule has 0 unspecified atom stereocenters. The molecule has 1 atom stereocenters. The zero-order chi connectivity index (χ0) is 14.8. The average Bonchev–Trinajstić information content (AvgIpc) is 2.97. The summed E-state index contributed by atoms with van der Waals surface area (Å²) in [6, 6.07) is 9.52. The van der Waals surface area contributed by atoms with Crippen LogP contribution in [-0.2, 0) is 4.79 Å². The normalized spacial score (nSPS) is 17.9. The fourth-order valence-electron chi connectivity index (χ4n) is 2.53. The standard InChI is InChI=1S/C15H15N3O3/c19-14(11-5-6-18(9-11)15(20)21)17-12-7-10-3-1-2-4-13(10)16-8-12/h1-4,7-8,11H,5-6,9H2,(H,17,19)(H,20,21)/t11-/m1/s1. The molecule has 1 aliphatic rings. The van der Waals surface area contributed by atoms with Crippen molar-refractivity contribution in [2.75, 3.05) is 18.4 Å². The van der Waals surface area contributed by atoms with Gasteiger partial charge in [0.05, 0.1) is 23.3 Å². The van der Waals surface area contributed by atoms with Crippen molar-refractivity contribution in [3.05, 3.63) is 36.5 Å². The largest absolute Gasteiger partial charge is 0.465 e. The number of nitrogens with one attached hydrogen (secondary N) is 1. The van der Waals surface area contributed by atoms with E-state index < -0.39 is 6.09 Å². The number of carbonyl (C=O) groups excluding carboxylic acids is 1. The van der Waals surface area contributed by atoms with E-state index in [4.69, 9.17) is 5.11 Å². The Balaban J connectivity index is 1.70. The lowest BCUT2D eigenvalue weighted by atomic mass is 10.1. The minimum Gasteiger partial charge on any atom is -0.465 e. The number of aromatic nitrogens is 1. The zero-order valence-electron chi connectivity index (χ0n) is 11.3. The summed E-state index contributed by atoms with van der Waals surface area (Å²) in [5, 5.41) is 12.7. The molecule has 0 radical (unpaired) electrons. The van der Waals surface area contributed by atoms with Gasteiger partial charge in [0.25, 0.3) is 0 Å². The van der Waals surface area contributed by atoms with Crippen molar-refractivity contribution < 1.29 is 14.7 Å². The highest BCUT2D eigenvalue weighted by Crippen LogP contribution is 2.20. The Morgan fingerprint density at radius 1 is 1.33 bits per heavy atom. The van der Waals surface area contributed by atoms with Gasteiger partial charge in [-0.05, 0) is 18.6 Å². The van der Waals surface area contributed by atoms with E-state index in [1.807, 2.05) is 30.3 Å². The summed E-state index contributed by atoms with van der Waals surface area (Å²) in [7, 11) is 0. The Morgan fingerprint density at radius 2 is 2.14 bits per heavy atom. The number of hydrogen-bond acceptors (Lipinski definition) is 3. The second-order valence-electron chi connectivity index (χ2n) is 5.12. The SMILES string of the molecule is O=C(Nc1cnc2ccccc2c1)[C@@H]1CCN(C(=O)O)C1. The van der Waals surface area contributed by atoms with Crippen molar-refractivity contribution in [3.8, 4) is 0 Å². The molecule has 1 aromatic carbocycles. The second-order valence-corrected chi connectivity index (χ2v) is 5.12. The summed E-state index contributed by atoms with van der Waals surface area (Å²) in [6.07, 6.45) is 1.20. The van der Waals surface area contributed by atoms with Gasteiger partial charge in [-0.1, -0.05) is 18.2 Å². The number of pyridine rings is 1. The van der Waals surface area contributed by atoms with Crippen molar-refractivity contribution in [2.24, 2.45) is 5.92 Å². The van der Waals surface area contributed by atoms with Crippen LogP contribution in [0.15, 0.2) is 36.5 Å². The molecule has 6 nitrogen and oxygen atoms in total. The number of likely N-dealkylation sites (tertiary alicyclic amines) is 1. The highest BCUT2D eigenvalue weighted by Gasteiger charge is 2.30. The summed E-state index contributed by atoms with van der Waals surface area (Å²) in [5.41, 5.74) is 1.50. The highest BCUT2D eigenvalue weighted by molar-refractivity contribution is 5.95. The van der Waals surface area contributed by atoms with Crippen LogP contribution >= 0.6 is 0 Å².